The molecule has 0 fully saturated rings. The molecule has 0 saturated carbocycles. The first-order chi connectivity index (χ1) is 10.1. The van der Waals surface area contributed by atoms with Gasteiger partial charge in [0.15, 0.2) is 0 Å². The van der Waals surface area contributed by atoms with E-state index in [-0.39, 0.29) is 5.82 Å². The lowest BCUT2D eigenvalue weighted by atomic mass is 10.0. The van der Waals surface area contributed by atoms with Crippen LogP contribution < -0.4 is 0 Å². The van der Waals surface area contributed by atoms with Crippen LogP contribution in [-0.4, -0.2) is 4.98 Å². The number of alkyl halides is 1. The normalized spacial score (nSPS) is 11.0. The number of benzene rings is 2. The minimum absolute atomic E-state index is 0.232. The van der Waals surface area contributed by atoms with Crippen LogP contribution >= 0.6 is 31.9 Å². The predicted molar refractivity (Wildman–Crippen MR) is 92.2 cm³/mol. The van der Waals surface area contributed by atoms with Crippen LogP contribution in [0.2, 0.25) is 0 Å². The zero-order valence-electron chi connectivity index (χ0n) is 11.3. The summed E-state index contributed by atoms with van der Waals surface area (Å²) >= 11 is 7.10. The summed E-state index contributed by atoms with van der Waals surface area (Å²) in [5, 5.41) is 1.71. The highest BCUT2D eigenvalue weighted by Crippen LogP contribution is 2.32. The smallest absolute Gasteiger partial charge is 0.123 e. The van der Waals surface area contributed by atoms with Gasteiger partial charge < -0.3 is 0 Å². The van der Waals surface area contributed by atoms with Gasteiger partial charge in [-0.15, -0.1) is 0 Å². The zero-order valence-corrected chi connectivity index (χ0v) is 14.5. The minimum atomic E-state index is -0.232. The van der Waals surface area contributed by atoms with Crippen molar-refractivity contribution in [1.29, 1.82) is 0 Å². The highest BCUT2D eigenvalue weighted by atomic mass is 79.9. The van der Waals surface area contributed by atoms with E-state index < -0.39 is 0 Å². The van der Waals surface area contributed by atoms with Crippen molar-refractivity contribution in [2.75, 3.05) is 0 Å². The van der Waals surface area contributed by atoms with E-state index >= 15 is 0 Å². The Kier molecular flexibility index (Phi) is 4.09. The number of aromatic nitrogens is 1. The Morgan fingerprint density at radius 3 is 2.48 bits per heavy atom. The monoisotopic (exact) mass is 407 g/mol. The lowest BCUT2D eigenvalue weighted by molar-refractivity contribution is 0.628. The van der Waals surface area contributed by atoms with E-state index in [1.165, 1.54) is 12.1 Å². The molecular formula is C17H12Br2FN. The average Bonchev–Trinajstić information content (AvgIpc) is 2.47. The molecule has 106 valence electrons. The van der Waals surface area contributed by atoms with Crippen molar-refractivity contribution in [2.24, 2.45) is 0 Å². The topological polar surface area (TPSA) is 12.9 Å². The van der Waals surface area contributed by atoms with Gasteiger partial charge in [-0.3, -0.25) is 4.98 Å². The van der Waals surface area contributed by atoms with Crippen LogP contribution in [0.25, 0.3) is 22.0 Å². The maximum atomic E-state index is 13.1. The van der Waals surface area contributed by atoms with Gasteiger partial charge in [0.05, 0.1) is 11.2 Å². The lowest BCUT2D eigenvalue weighted by Gasteiger charge is -2.11. The first kappa shape index (κ1) is 14.7. The number of fused-ring (bicyclic) bond motifs is 1. The maximum absolute atomic E-state index is 13.1. The molecule has 0 spiro atoms. The fraction of sp³-hybridized carbons (Fsp3) is 0.118. The van der Waals surface area contributed by atoms with E-state index in [0.717, 1.165) is 37.8 Å². The van der Waals surface area contributed by atoms with Crippen molar-refractivity contribution >= 4 is 42.8 Å². The molecule has 2 aromatic carbocycles. The number of rotatable bonds is 2. The first-order valence-electron chi connectivity index (χ1n) is 6.50. The maximum Gasteiger partial charge on any atom is 0.123 e. The van der Waals surface area contributed by atoms with Crippen LogP contribution in [0.4, 0.5) is 4.39 Å². The van der Waals surface area contributed by atoms with Crippen molar-refractivity contribution < 1.29 is 4.39 Å². The second kappa shape index (κ2) is 5.85. The molecule has 0 N–H and O–H groups in total. The third-order valence-corrected chi connectivity index (χ3v) is 4.58. The van der Waals surface area contributed by atoms with E-state index in [2.05, 4.69) is 50.1 Å². The number of nitrogens with zero attached hydrogens (tertiary/aromatic N) is 1. The summed E-state index contributed by atoms with van der Waals surface area (Å²) in [6.45, 7) is 2.05. The Balaban J connectivity index is 2.28. The third kappa shape index (κ3) is 2.87. The quantitative estimate of drug-likeness (QED) is 0.473. The number of halogens is 3. The van der Waals surface area contributed by atoms with Crippen LogP contribution in [0, 0.1) is 12.7 Å². The molecule has 1 nitrogen and oxygen atoms in total. The summed E-state index contributed by atoms with van der Waals surface area (Å²) in [4.78, 5) is 4.74. The summed E-state index contributed by atoms with van der Waals surface area (Å²) in [6, 6.07) is 12.8. The van der Waals surface area contributed by atoms with Crippen LogP contribution in [0.15, 0.2) is 46.9 Å². The Bertz CT molecular complexity index is 813. The molecule has 0 aliphatic heterocycles. The summed E-state index contributed by atoms with van der Waals surface area (Å²) in [6.07, 6.45) is 0. The van der Waals surface area contributed by atoms with Gasteiger partial charge in [-0.25, -0.2) is 4.39 Å². The second-order valence-corrected chi connectivity index (χ2v) is 6.35. The highest BCUT2D eigenvalue weighted by Gasteiger charge is 2.11. The van der Waals surface area contributed by atoms with Crippen molar-refractivity contribution in [3.8, 4) is 11.1 Å². The van der Waals surface area contributed by atoms with Crippen molar-refractivity contribution in [2.45, 2.75) is 12.3 Å². The van der Waals surface area contributed by atoms with Crippen LogP contribution in [0.1, 0.15) is 11.3 Å². The molecule has 0 aliphatic carbocycles. The van der Waals surface area contributed by atoms with Crippen LogP contribution in [0.5, 0.6) is 0 Å². The summed E-state index contributed by atoms with van der Waals surface area (Å²) in [5.41, 5.74) is 5.06. The largest absolute Gasteiger partial charge is 0.251 e. The third-order valence-electron chi connectivity index (χ3n) is 3.39. The second-order valence-electron chi connectivity index (χ2n) is 4.94. The van der Waals surface area contributed by atoms with E-state index in [1.807, 2.05) is 6.92 Å². The van der Waals surface area contributed by atoms with Crippen LogP contribution in [-0.2, 0) is 5.33 Å². The van der Waals surface area contributed by atoms with Crippen molar-refractivity contribution in [3.63, 3.8) is 0 Å². The van der Waals surface area contributed by atoms with Crippen LogP contribution in [0.3, 0.4) is 0 Å². The molecule has 0 unspecified atom stereocenters. The predicted octanol–water partition coefficient (Wildman–Crippen LogP) is 6.01. The van der Waals surface area contributed by atoms with Gasteiger partial charge in [0.25, 0.3) is 0 Å². The SMILES string of the molecule is Cc1cc(Br)c2cc(-c3ccc(F)cc3)c(CBr)nc2c1. The summed E-state index contributed by atoms with van der Waals surface area (Å²) in [7, 11) is 0. The van der Waals surface area contributed by atoms with Crippen molar-refractivity contribution in [3.05, 3.63) is 64.0 Å². The van der Waals surface area contributed by atoms with Gasteiger partial charge in [-0.1, -0.05) is 44.0 Å². The number of hydrogen-bond acceptors (Lipinski definition) is 1. The fourth-order valence-electron chi connectivity index (χ4n) is 2.38. The molecular weight excluding hydrogens is 397 g/mol. The van der Waals surface area contributed by atoms with Gasteiger partial charge in [-0.2, -0.15) is 0 Å². The van der Waals surface area contributed by atoms with Gasteiger partial charge >= 0.3 is 0 Å². The Morgan fingerprint density at radius 2 is 1.81 bits per heavy atom. The molecule has 4 heteroatoms. The molecule has 1 heterocycles. The Labute approximate surface area is 139 Å². The van der Waals surface area contributed by atoms with Crippen molar-refractivity contribution in [1.82, 2.24) is 4.98 Å². The Morgan fingerprint density at radius 1 is 1.10 bits per heavy atom. The molecule has 0 aliphatic rings. The zero-order chi connectivity index (χ0) is 15.0. The minimum Gasteiger partial charge on any atom is -0.251 e. The molecule has 0 radical (unpaired) electrons. The highest BCUT2D eigenvalue weighted by molar-refractivity contribution is 9.10. The number of pyridine rings is 1. The van der Waals surface area contributed by atoms with E-state index in [4.69, 9.17) is 4.98 Å². The molecule has 3 aromatic rings. The molecule has 0 bridgehead atoms. The molecule has 0 atom stereocenters. The summed E-state index contributed by atoms with van der Waals surface area (Å²) < 4.78 is 14.1. The molecule has 0 saturated heterocycles. The molecule has 0 amide bonds. The summed E-state index contributed by atoms with van der Waals surface area (Å²) in [5.74, 6) is -0.232. The van der Waals surface area contributed by atoms with Gasteiger partial charge in [0, 0.05) is 20.8 Å². The Hall–Kier alpha value is -1.26. The average molecular weight is 409 g/mol. The number of hydrogen-bond donors (Lipinski definition) is 0. The van der Waals surface area contributed by atoms with E-state index in [0.29, 0.717) is 5.33 Å². The van der Waals surface area contributed by atoms with Gasteiger partial charge in [0.1, 0.15) is 5.82 Å². The lowest BCUT2D eigenvalue weighted by Crippen LogP contribution is -1.94. The fourth-order valence-corrected chi connectivity index (χ4v) is 3.49. The van der Waals surface area contributed by atoms with Gasteiger partial charge in [-0.05, 0) is 48.4 Å². The standard InChI is InChI=1S/C17H12Br2FN/c1-10-6-15(19)14-8-13(11-2-4-12(20)5-3-11)17(9-18)21-16(14)7-10/h2-8H,9H2,1H3. The van der Waals surface area contributed by atoms with Gasteiger partial charge in [0.2, 0.25) is 0 Å². The molecule has 3 rings (SSSR count). The molecule has 1 aromatic heterocycles. The van der Waals surface area contributed by atoms with E-state index in [9.17, 15) is 4.39 Å². The number of aryl methyl sites for hydroxylation is 1. The first-order valence-corrected chi connectivity index (χ1v) is 8.41. The molecule has 21 heavy (non-hydrogen) atoms. The van der Waals surface area contributed by atoms with E-state index in [1.54, 1.807) is 12.1 Å².